The van der Waals surface area contributed by atoms with Gasteiger partial charge in [-0.1, -0.05) is 30.3 Å². The number of hydrogen-bond acceptors (Lipinski definition) is 4. The van der Waals surface area contributed by atoms with Gasteiger partial charge in [-0.2, -0.15) is 0 Å². The SMILES string of the molecule is O=C(NC[C@H]1CCCO1)c1cc2cccnc2n(Cc2ccccc2)c1=O. The van der Waals surface area contributed by atoms with Crippen molar-refractivity contribution in [1.82, 2.24) is 14.9 Å². The highest BCUT2D eigenvalue weighted by Crippen LogP contribution is 2.14. The molecule has 4 rings (SSSR count). The number of benzene rings is 1. The molecule has 138 valence electrons. The zero-order chi connectivity index (χ0) is 18.6. The largest absolute Gasteiger partial charge is 0.376 e. The summed E-state index contributed by atoms with van der Waals surface area (Å²) >= 11 is 0. The first-order chi connectivity index (χ1) is 13.2. The summed E-state index contributed by atoms with van der Waals surface area (Å²) in [6.07, 6.45) is 3.62. The van der Waals surface area contributed by atoms with E-state index in [0.717, 1.165) is 30.4 Å². The Morgan fingerprint density at radius 2 is 2.07 bits per heavy atom. The highest BCUT2D eigenvalue weighted by atomic mass is 16.5. The number of hydrogen-bond donors (Lipinski definition) is 1. The quantitative estimate of drug-likeness (QED) is 0.755. The topological polar surface area (TPSA) is 73.2 Å². The molecule has 1 aromatic carbocycles. The van der Waals surface area contributed by atoms with E-state index in [0.29, 0.717) is 18.7 Å². The zero-order valence-electron chi connectivity index (χ0n) is 14.9. The molecule has 6 heteroatoms. The van der Waals surface area contributed by atoms with Gasteiger partial charge in [-0.05, 0) is 36.6 Å². The highest BCUT2D eigenvalue weighted by Gasteiger charge is 2.20. The van der Waals surface area contributed by atoms with Gasteiger partial charge in [0.25, 0.3) is 11.5 Å². The molecule has 1 N–H and O–H groups in total. The molecule has 1 aliphatic heterocycles. The van der Waals surface area contributed by atoms with E-state index >= 15 is 0 Å². The van der Waals surface area contributed by atoms with E-state index in [1.54, 1.807) is 22.9 Å². The number of rotatable bonds is 5. The molecule has 27 heavy (non-hydrogen) atoms. The van der Waals surface area contributed by atoms with Crippen molar-refractivity contribution in [2.45, 2.75) is 25.5 Å². The molecule has 0 bridgehead atoms. The van der Waals surface area contributed by atoms with E-state index < -0.39 is 0 Å². The number of nitrogens with zero attached hydrogens (tertiary/aromatic N) is 2. The number of carbonyl (C=O) groups is 1. The van der Waals surface area contributed by atoms with Crippen LogP contribution in [0.15, 0.2) is 59.5 Å². The third-order valence-corrected chi connectivity index (χ3v) is 4.79. The average Bonchev–Trinajstić information content (AvgIpc) is 3.22. The minimum Gasteiger partial charge on any atom is -0.376 e. The first-order valence-corrected chi connectivity index (χ1v) is 9.14. The van der Waals surface area contributed by atoms with Crippen LogP contribution >= 0.6 is 0 Å². The maximum Gasteiger partial charge on any atom is 0.265 e. The number of nitrogens with one attached hydrogen (secondary N) is 1. The summed E-state index contributed by atoms with van der Waals surface area (Å²) in [5, 5.41) is 3.60. The van der Waals surface area contributed by atoms with Gasteiger partial charge in [-0.3, -0.25) is 14.2 Å². The van der Waals surface area contributed by atoms with Crippen LogP contribution in [0, 0.1) is 0 Å². The number of ether oxygens (including phenoxy) is 1. The van der Waals surface area contributed by atoms with E-state index in [9.17, 15) is 9.59 Å². The highest BCUT2D eigenvalue weighted by molar-refractivity contribution is 5.96. The molecule has 3 aromatic rings. The van der Waals surface area contributed by atoms with Crippen LogP contribution in [-0.4, -0.2) is 34.7 Å². The van der Waals surface area contributed by atoms with Crippen molar-refractivity contribution in [3.8, 4) is 0 Å². The molecule has 3 heterocycles. The number of amides is 1. The normalized spacial score (nSPS) is 16.5. The molecule has 1 atom stereocenters. The van der Waals surface area contributed by atoms with Crippen LogP contribution < -0.4 is 10.9 Å². The van der Waals surface area contributed by atoms with E-state index in [1.165, 1.54) is 0 Å². The molecular weight excluding hydrogens is 342 g/mol. The lowest BCUT2D eigenvalue weighted by atomic mass is 10.1. The van der Waals surface area contributed by atoms with Gasteiger partial charge < -0.3 is 10.1 Å². The fourth-order valence-electron chi connectivity index (χ4n) is 3.39. The molecule has 0 aliphatic carbocycles. The van der Waals surface area contributed by atoms with E-state index in [1.807, 2.05) is 36.4 Å². The molecular formula is C21H21N3O3. The third-order valence-electron chi connectivity index (χ3n) is 4.79. The Kier molecular flexibility index (Phi) is 4.98. The van der Waals surface area contributed by atoms with Crippen LogP contribution in [0.4, 0.5) is 0 Å². The second-order valence-electron chi connectivity index (χ2n) is 6.70. The van der Waals surface area contributed by atoms with Crippen molar-refractivity contribution in [1.29, 1.82) is 0 Å². The standard InChI is InChI=1S/C21H21N3O3/c25-20(23-13-17-9-5-11-27-17)18-12-16-8-4-10-22-19(16)24(21(18)26)14-15-6-2-1-3-7-15/h1-4,6-8,10,12,17H,5,9,11,13-14H2,(H,23,25)/t17-/m1/s1. The van der Waals surface area contributed by atoms with Crippen LogP contribution in [0.2, 0.25) is 0 Å². The Morgan fingerprint density at radius 1 is 1.22 bits per heavy atom. The van der Waals surface area contributed by atoms with Gasteiger partial charge in [-0.15, -0.1) is 0 Å². The van der Waals surface area contributed by atoms with Gasteiger partial charge in [0.15, 0.2) is 0 Å². The molecule has 1 fully saturated rings. The van der Waals surface area contributed by atoms with Gasteiger partial charge >= 0.3 is 0 Å². The number of fused-ring (bicyclic) bond motifs is 1. The van der Waals surface area contributed by atoms with Crippen molar-refractivity contribution in [3.63, 3.8) is 0 Å². The van der Waals surface area contributed by atoms with Crippen molar-refractivity contribution in [3.05, 3.63) is 76.2 Å². The second-order valence-corrected chi connectivity index (χ2v) is 6.70. The van der Waals surface area contributed by atoms with Gasteiger partial charge in [0.05, 0.1) is 12.6 Å². The monoisotopic (exact) mass is 363 g/mol. The fraction of sp³-hybridized carbons (Fsp3) is 0.286. The summed E-state index contributed by atoms with van der Waals surface area (Å²) < 4.78 is 7.10. The van der Waals surface area contributed by atoms with Gasteiger partial charge in [-0.25, -0.2) is 4.98 Å². The Hall–Kier alpha value is -2.99. The predicted octanol–water partition coefficient (Wildman–Crippen LogP) is 2.35. The molecule has 2 aromatic heterocycles. The van der Waals surface area contributed by atoms with Crippen molar-refractivity contribution in [2.24, 2.45) is 0 Å². The lowest BCUT2D eigenvalue weighted by Crippen LogP contribution is -2.37. The molecule has 1 amide bonds. The average molecular weight is 363 g/mol. The summed E-state index contributed by atoms with van der Waals surface area (Å²) in [6.45, 7) is 1.51. The summed E-state index contributed by atoms with van der Waals surface area (Å²) in [7, 11) is 0. The van der Waals surface area contributed by atoms with Crippen LogP contribution in [0.3, 0.4) is 0 Å². The number of pyridine rings is 2. The van der Waals surface area contributed by atoms with Crippen LogP contribution in [0.1, 0.15) is 28.8 Å². The van der Waals surface area contributed by atoms with Gasteiger partial charge in [0.1, 0.15) is 11.2 Å². The van der Waals surface area contributed by atoms with Crippen LogP contribution in [0.5, 0.6) is 0 Å². The van der Waals surface area contributed by atoms with Crippen LogP contribution in [0.25, 0.3) is 11.0 Å². The van der Waals surface area contributed by atoms with Gasteiger partial charge in [0, 0.05) is 24.7 Å². The maximum atomic E-state index is 13.1. The molecule has 0 radical (unpaired) electrons. The van der Waals surface area contributed by atoms with Crippen molar-refractivity contribution < 1.29 is 9.53 Å². The minimum absolute atomic E-state index is 0.0302. The van der Waals surface area contributed by atoms with Crippen molar-refractivity contribution in [2.75, 3.05) is 13.2 Å². The molecule has 0 spiro atoms. The summed E-state index contributed by atoms with van der Waals surface area (Å²) in [4.78, 5) is 30.1. The summed E-state index contributed by atoms with van der Waals surface area (Å²) in [6, 6.07) is 15.0. The Balaban J connectivity index is 1.69. The summed E-state index contributed by atoms with van der Waals surface area (Å²) in [5.41, 5.74) is 1.34. The number of carbonyl (C=O) groups excluding carboxylic acids is 1. The van der Waals surface area contributed by atoms with Crippen LogP contribution in [-0.2, 0) is 11.3 Å². The maximum absolute atomic E-state index is 13.1. The third kappa shape index (κ3) is 3.75. The fourth-order valence-corrected chi connectivity index (χ4v) is 3.39. The van der Waals surface area contributed by atoms with Gasteiger partial charge in [0.2, 0.25) is 0 Å². The van der Waals surface area contributed by atoms with E-state index in [4.69, 9.17) is 4.74 Å². The number of aromatic nitrogens is 2. The Morgan fingerprint density at radius 3 is 2.85 bits per heavy atom. The van der Waals surface area contributed by atoms with Crippen molar-refractivity contribution >= 4 is 16.9 Å². The lowest BCUT2D eigenvalue weighted by Gasteiger charge is -2.14. The minimum atomic E-state index is -0.372. The second kappa shape index (κ2) is 7.72. The summed E-state index contributed by atoms with van der Waals surface area (Å²) in [5.74, 6) is -0.372. The smallest absolute Gasteiger partial charge is 0.265 e. The Labute approximate surface area is 156 Å². The van der Waals surface area contributed by atoms with E-state index in [2.05, 4.69) is 10.3 Å². The molecule has 0 saturated carbocycles. The molecule has 6 nitrogen and oxygen atoms in total. The molecule has 1 aliphatic rings. The van der Waals surface area contributed by atoms with E-state index in [-0.39, 0.29) is 23.1 Å². The zero-order valence-corrected chi connectivity index (χ0v) is 14.9. The lowest BCUT2D eigenvalue weighted by molar-refractivity contribution is 0.0856. The Bertz CT molecular complexity index is 1010. The first-order valence-electron chi connectivity index (χ1n) is 9.14. The molecule has 0 unspecified atom stereocenters. The first kappa shape index (κ1) is 17.4. The molecule has 1 saturated heterocycles. The predicted molar refractivity (Wildman–Crippen MR) is 103 cm³/mol.